The highest BCUT2D eigenvalue weighted by Gasteiger charge is 2.44. The number of fused-ring (bicyclic) bond motifs is 1. The van der Waals surface area contributed by atoms with Crippen molar-refractivity contribution in [3.63, 3.8) is 0 Å². The molecule has 0 spiro atoms. The van der Waals surface area contributed by atoms with Crippen molar-refractivity contribution in [2.45, 2.75) is 143 Å². The summed E-state index contributed by atoms with van der Waals surface area (Å²) in [5, 5.41) is 23.9. The van der Waals surface area contributed by atoms with E-state index in [1.807, 2.05) is 87.9 Å². The molecule has 4 N–H and O–H groups in total. The topological polar surface area (TPSA) is 200 Å². The maximum absolute atomic E-state index is 14.0. The number of aryl methyl sites for hydroxylation is 1. The van der Waals surface area contributed by atoms with Gasteiger partial charge in [0.1, 0.15) is 12.1 Å². The number of β-amino-alcohol motifs (C(OH)–C–C–N with tert-alkyl or cyclic N) is 1. The molecule has 3 atom stereocenters. The highest BCUT2D eigenvalue weighted by molar-refractivity contribution is 7.13. The van der Waals surface area contributed by atoms with E-state index in [4.69, 9.17) is 4.74 Å². The first-order valence-electron chi connectivity index (χ1n) is 23.7. The van der Waals surface area contributed by atoms with Crippen molar-refractivity contribution in [3.8, 4) is 21.6 Å². The molecule has 5 amide bonds. The first-order chi connectivity index (χ1) is 32.5. The Morgan fingerprint density at radius 3 is 2.21 bits per heavy atom. The van der Waals surface area contributed by atoms with Gasteiger partial charge in [0, 0.05) is 63.4 Å². The SMILES string of the molecule is Cc1ncsc1-c1ccc(CNC(=O)[C@@H]2C[C@@H](O)CN2C(=O)[C@@H](NC(=O)CCCCCCCCCCC(=O)Nc2cc3cc(-c4cncc(N(C)C(=O)OC(C)C)c4)ccn3n2)C(C)(C)C)cc1. The normalized spacial score (nSPS) is 15.3. The minimum Gasteiger partial charge on any atom is -0.446 e. The second-order valence-corrected chi connectivity index (χ2v) is 19.9. The molecule has 0 bridgehead atoms. The number of hydrogen-bond acceptors (Lipinski definition) is 11. The fraction of sp³-hybridized carbons (Fsp3) is 0.490. The predicted octanol–water partition coefficient (Wildman–Crippen LogP) is 8.46. The Kier molecular flexibility index (Phi) is 17.8. The highest BCUT2D eigenvalue weighted by Crippen LogP contribution is 2.30. The Morgan fingerprint density at radius 1 is 0.882 bits per heavy atom. The van der Waals surface area contributed by atoms with Crippen LogP contribution in [0, 0.1) is 12.3 Å². The standard InChI is InChI=1S/C51H67N9O7S/c1-33(2)67-50(66)58(7)40-25-38(29-52-30-40)37-22-23-60-39(24-37)26-43(57-60)55-44(62)16-14-12-10-8-9-11-13-15-17-45(63)56-47(51(4,5)6)49(65)59-31-41(61)27-42(59)48(64)53-28-35-18-20-36(21-19-35)46-34(3)54-32-68-46/h18-26,29-30,32-33,41-42,47,61H,8-17,27-28,31H2,1-7H3,(H,53,64)(H,56,63)(H,55,57,62)/t41-,42+,47-/m1/s1. The number of aliphatic hydroxyl groups is 1. The zero-order valence-electron chi connectivity index (χ0n) is 40.4. The van der Waals surface area contributed by atoms with Gasteiger partial charge in [-0.1, -0.05) is 83.6 Å². The fourth-order valence-electron chi connectivity index (χ4n) is 8.24. The summed E-state index contributed by atoms with van der Waals surface area (Å²) in [5.74, 6) is -0.536. The summed E-state index contributed by atoms with van der Waals surface area (Å²) < 4.78 is 7.01. The van der Waals surface area contributed by atoms with Crippen LogP contribution in [-0.4, -0.2) is 97.2 Å². The van der Waals surface area contributed by atoms with E-state index in [0.717, 1.165) is 83.3 Å². The highest BCUT2D eigenvalue weighted by atomic mass is 32.1. The summed E-state index contributed by atoms with van der Waals surface area (Å²) in [6.45, 7) is 11.5. The van der Waals surface area contributed by atoms with Gasteiger partial charge in [0.25, 0.3) is 0 Å². The molecule has 1 saturated heterocycles. The molecule has 1 aliphatic heterocycles. The molecule has 17 heteroatoms. The van der Waals surface area contributed by atoms with Crippen LogP contribution < -0.4 is 20.9 Å². The zero-order chi connectivity index (χ0) is 49.0. The molecule has 1 aromatic carbocycles. The number of likely N-dealkylation sites (tertiary alicyclic amines) is 1. The second-order valence-electron chi connectivity index (χ2n) is 19.1. The van der Waals surface area contributed by atoms with Crippen LogP contribution in [0.25, 0.3) is 27.1 Å². The van der Waals surface area contributed by atoms with Gasteiger partial charge in [0.15, 0.2) is 5.82 Å². The largest absolute Gasteiger partial charge is 0.446 e. The average molecular weight is 950 g/mol. The van der Waals surface area contributed by atoms with Crippen molar-refractivity contribution in [1.82, 2.24) is 35.1 Å². The molecule has 68 heavy (non-hydrogen) atoms. The lowest BCUT2D eigenvalue weighted by Crippen LogP contribution is -2.57. The van der Waals surface area contributed by atoms with Crippen molar-refractivity contribution in [2.75, 3.05) is 23.8 Å². The number of hydrogen-bond donors (Lipinski definition) is 4. The number of rotatable bonds is 21. The molecular weight excluding hydrogens is 883 g/mol. The number of unbranched alkanes of at least 4 members (excludes halogenated alkanes) is 7. The Labute approximate surface area is 403 Å². The van der Waals surface area contributed by atoms with Crippen molar-refractivity contribution >= 4 is 58.1 Å². The molecule has 5 heterocycles. The first kappa shape index (κ1) is 51.2. The van der Waals surface area contributed by atoms with E-state index in [2.05, 4.69) is 31.0 Å². The summed E-state index contributed by atoms with van der Waals surface area (Å²) in [7, 11) is 1.64. The summed E-state index contributed by atoms with van der Waals surface area (Å²) in [4.78, 5) is 78.4. The van der Waals surface area contributed by atoms with Crippen molar-refractivity contribution in [3.05, 3.63) is 83.9 Å². The van der Waals surface area contributed by atoms with E-state index in [0.29, 0.717) is 24.3 Å². The van der Waals surface area contributed by atoms with Gasteiger partial charge in [-0.2, -0.15) is 5.10 Å². The van der Waals surface area contributed by atoms with E-state index >= 15 is 0 Å². The lowest BCUT2D eigenvalue weighted by atomic mass is 9.85. The lowest BCUT2D eigenvalue weighted by molar-refractivity contribution is -0.144. The van der Waals surface area contributed by atoms with Crippen LogP contribution in [0.2, 0.25) is 0 Å². The van der Waals surface area contributed by atoms with Crippen molar-refractivity contribution < 1.29 is 33.8 Å². The monoisotopic (exact) mass is 949 g/mol. The maximum Gasteiger partial charge on any atom is 0.414 e. The van der Waals surface area contributed by atoms with Gasteiger partial charge in [-0.3, -0.25) is 29.1 Å². The number of nitrogens with zero attached hydrogens (tertiary/aromatic N) is 6. The third kappa shape index (κ3) is 14.2. The smallest absolute Gasteiger partial charge is 0.414 e. The van der Waals surface area contributed by atoms with Crippen molar-refractivity contribution in [2.24, 2.45) is 5.41 Å². The number of thiazole rings is 1. The van der Waals surface area contributed by atoms with Crippen LogP contribution in [0.5, 0.6) is 0 Å². The maximum atomic E-state index is 14.0. The molecule has 4 aromatic heterocycles. The molecule has 0 radical (unpaired) electrons. The van der Waals surface area contributed by atoms with Gasteiger partial charge < -0.3 is 30.7 Å². The Morgan fingerprint density at radius 2 is 1.56 bits per heavy atom. The summed E-state index contributed by atoms with van der Waals surface area (Å²) in [6, 6.07) is 13.8. The molecule has 0 aliphatic carbocycles. The summed E-state index contributed by atoms with van der Waals surface area (Å²) >= 11 is 1.58. The number of ether oxygens (including phenoxy) is 1. The number of amides is 5. The van der Waals surface area contributed by atoms with E-state index in [1.54, 1.807) is 49.1 Å². The molecule has 6 rings (SSSR count). The quantitative estimate of drug-likeness (QED) is 0.0518. The third-order valence-corrected chi connectivity index (χ3v) is 13.0. The van der Waals surface area contributed by atoms with Gasteiger partial charge in [0.2, 0.25) is 23.6 Å². The predicted molar refractivity (Wildman–Crippen MR) is 265 cm³/mol. The number of aliphatic hydroxyl groups excluding tert-OH is 1. The van der Waals surface area contributed by atoms with Gasteiger partial charge in [-0.05, 0) is 73.9 Å². The van der Waals surface area contributed by atoms with Gasteiger partial charge in [0.05, 0.1) is 45.7 Å². The minimum absolute atomic E-state index is 0.0244. The van der Waals surface area contributed by atoms with E-state index in [9.17, 15) is 29.1 Å². The van der Waals surface area contributed by atoms with E-state index < -0.39 is 29.7 Å². The number of nitrogens with one attached hydrogen (secondary N) is 3. The number of carbonyl (C=O) groups excluding carboxylic acids is 5. The summed E-state index contributed by atoms with van der Waals surface area (Å²) in [5.41, 5.74) is 7.24. The molecule has 0 unspecified atom stereocenters. The number of aromatic nitrogens is 4. The Bertz CT molecular complexity index is 2510. The van der Waals surface area contributed by atoms with Gasteiger partial charge in [-0.25, -0.2) is 14.3 Å². The summed E-state index contributed by atoms with van der Waals surface area (Å²) in [6.07, 6.45) is 11.8. The molecule has 364 valence electrons. The molecule has 1 fully saturated rings. The van der Waals surface area contributed by atoms with Gasteiger partial charge >= 0.3 is 6.09 Å². The number of benzene rings is 1. The molecule has 16 nitrogen and oxygen atoms in total. The van der Waals surface area contributed by atoms with Gasteiger partial charge in [-0.15, -0.1) is 11.3 Å². The number of pyridine rings is 2. The minimum atomic E-state index is -0.862. The van der Waals surface area contributed by atoms with Crippen LogP contribution in [-0.2, 0) is 30.5 Å². The number of anilines is 2. The third-order valence-electron chi connectivity index (χ3n) is 12.1. The van der Waals surface area contributed by atoms with Crippen LogP contribution in [0.15, 0.2) is 72.6 Å². The first-order valence-corrected chi connectivity index (χ1v) is 24.6. The average Bonchev–Trinajstić information content (AvgIpc) is 4.04. The lowest BCUT2D eigenvalue weighted by Gasteiger charge is -2.35. The van der Waals surface area contributed by atoms with E-state index in [1.165, 1.54) is 9.80 Å². The molecule has 1 aliphatic rings. The molecule has 5 aromatic rings. The molecule has 0 saturated carbocycles. The Hall–Kier alpha value is -6.20. The van der Waals surface area contributed by atoms with Crippen LogP contribution in [0.3, 0.4) is 0 Å². The zero-order valence-corrected chi connectivity index (χ0v) is 41.2. The van der Waals surface area contributed by atoms with Crippen LogP contribution in [0.1, 0.15) is 117 Å². The van der Waals surface area contributed by atoms with Crippen LogP contribution >= 0.6 is 11.3 Å². The van der Waals surface area contributed by atoms with Crippen LogP contribution in [0.4, 0.5) is 16.3 Å². The van der Waals surface area contributed by atoms with E-state index in [-0.39, 0.29) is 55.7 Å². The second kappa shape index (κ2) is 23.7. The Balaban J connectivity index is 0.854. The fourth-order valence-corrected chi connectivity index (χ4v) is 9.05. The number of carbonyl (C=O) groups is 5. The molecular formula is C51H67N9O7S. The van der Waals surface area contributed by atoms with Crippen molar-refractivity contribution in [1.29, 1.82) is 0 Å².